The van der Waals surface area contributed by atoms with E-state index in [0.29, 0.717) is 73.8 Å². The first-order valence-electron chi connectivity index (χ1n) is 39.2. The Balaban J connectivity index is 0. The van der Waals surface area contributed by atoms with Crippen LogP contribution in [0.2, 0.25) is 0 Å². The Bertz CT molecular complexity index is 5960. The number of nitrogen functional groups attached to an aromatic ring is 3. The van der Waals surface area contributed by atoms with Gasteiger partial charge in [0.2, 0.25) is 5.95 Å². The Morgan fingerprint density at radius 3 is 1.25 bits per heavy atom. The maximum Gasteiger partial charge on any atom is 1.00 e. The third kappa shape index (κ3) is 49.2. The zero-order chi connectivity index (χ0) is 95.3. The number of nitrogens with two attached hydrogens (primary N) is 3. The number of ether oxygens (including phenoxy) is 5. The van der Waals surface area contributed by atoms with Crippen LogP contribution in [-0.4, -0.2) is 54.1 Å². The SMILES string of the molecule is CC.CC(C)(C)OC(=O)Nc1cccc(N)c1.Cc1cccc(-n2c(N)nc3cc(OCc4ccccc4)ccc32)c1.Cc1cccc(Nc2ccc(OCc3ccccc3)cc2N)c1.Cc1cccc(Nc2ccc(OCc3ccccc3)cc2[N+](=O)[O-])c1.N#CBr.O=CO[O-].O=CO[O-].O=[N+]([O-])c1cc(O)ccc1I.O=[N+]([O-])c1cc(OCc2ccccc2)ccc1I.[Cs+].[Cs+].[H-].[H-].[K+].[K+]. The molecule has 1 amide bonds. The number of nitrogens with zero attached hydrogens (tertiary/aromatic N) is 6. The number of carbonyl (C=O) groups excluding carboxylic acids is 3. The number of amides is 1. The molecule has 0 radical (unpaired) electrons. The van der Waals surface area contributed by atoms with Crippen molar-refractivity contribution in [2.24, 2.45) is 0 Å². The number of phenolic OH excluding ortho intramolecular Hbond substituents is 1. The topological polar surface area (TPSA) is 467 Å². The number of anilines is 8. The molecular formula is C96H97BrCs2I2K2N12O19. The molecule has 13 aromatic carbocycles. The first kappa shape index (κ1) is 124. The van der Waals surface area contributed by atoms with Crippen LogP contribution < -0.4 is 303 Å². The smallest absolute Gasteiger partial charge is 1.00 e. The van der Waals surface area contributed by atoms with Crippen molar-refractivity contribution >= 4 is 154 Å². The van der Waals surface area contributed by atoms with Gasteiger partial charge in [0.1, 0.15) is 71.4 Å². The largest absolute Gasteiger partial charge is 1.00 e. The molecule has 31 nitrogen and oxygen atoms in total. The molecule has 0 bridgehead atoms. The molecule has 0 atom stereocenters. The molecule has 1 aromatic heterocycles. The standard InChI is InChI=1S/C21H19N3O.C20H18N2O3.C20H20N2O.C13H10INO3.C11H16N2O2.C6H4INO3.C2H6.CBrN.2CH2O3.2Cs.2K.2H/c1-15-6-5-9-17(12-15)24-20-11-10-18(13-19(20)23-21(24)22)25-14-16-7-3-2-4-8-16;1-15-6-5-9-17(12-15)21-19-11-10-18(13-20(19)22(23)24)25-14-16-7-3-2-4-8-16;1-15-6-5-9-17(12-15)22-20-11-10-18(13-19(20)21)23-14-16-7-3-2-4-8-16;14-12-7-6-11(8-13(12)15(16)17)18-9-10-4-2-1-3-5-10;1-11(2,3)15-10(14)13-9-6-4-5-8(12)7-9;7-5-2-1-4(9)3-6(5)8(10)11;1-2;2-1-3;2*2-1-4-3;;;;;;/h2-13H,14H2,1H3,(H2,22,23);2-13,21H,14H2,1H3;2-13,22H,14,21H2,1H3;1-8H,9H2;4-7H,12H2,1-3H3,(H,13,14);1-3,9H;1-2H3;;2*1,3H;;;;;;/q;;;;;;;;;;4*+1;2*-1/p-2. The number of phenols is 1. The number of nitro groups is 3. The van der Waals surface area contributed by atoms with Crippen LogP contribution in [0.25, 0.3) is 16.7 Å². The number of aromatic nitrogens is 2. The zero-order valence-corrected chi connectivity index (χ0v) is 100. The summed E-state index contributed by atoms with van der Waals surface area (Å²) in [6, 6.07) is 95.9. The van der Waals surface area contributed by atoms with Crippen LogP contribution in [-0.2, 0) is 50.5 Å². The van der Waals surface area contributed by atoms with Crippen LogP contribution in [0.4, 0.5) is 67.6 Å². The van der Waals surface area contributed by atoms with Gasteiger partial charge in [-0.2, -0.15) is 5.26 Å². The van der Waals surface area contributed by atoms with Gasteiger partial charge in [-0.05, 0) is 241 Å². The van der Waals surface area contributed by atoms with Gasteiger partial charge in [0, 0.05) is 56.5 Å². The molecule has 0 saturated heterocycles. The number of halogens is 3. The third-order valence-corrected chi connectivity index (χ3v) is 18.4. The molecule has 0 unspecified atom stereocenters. The summed E-state index contributed by atoms with van der Waals surface area (Å²) < 4.78 is 31.1. The van der Waals surface area contributed by atoms with Crippen molar-refractivity contribution in [3.05, 3.63) is 386 Å². The molecule has 0 fully saturated rings. The van der Waals surface area contributed by atoms with Crippen LogP contribution in [0.1, 0.15) is 76.4 Å². The van der Waals surface area contributed by atoms with Gasteiger partial charge in [-0.25, -0.2) is 9.78 Å². The Labute approximate surface area is 1020 Å². The van der Waals surface area contributed by atoms with Crippen molar-refractivity contribution in [1.82, 2.24) is 9.55 Å². The van der Waals surface area contributed by atoms with Crippen molar-refractivity contribution in [3.8, 4) is 39.4 Å². The van der Waals surface area contributed by atoms with Crippen LogP contribution >= 0.6 is 61.1 Å². The Hall–Kier alpha value is -7.53. The van der Waals surface area contributed by atoms with Gasteiger partial charge in [0.05, 0.1) is 62.5 Å². The Kier molecular flexibility index (Phi) is 65.2. The normalized spacial score (nSPS) is 9.49. The summed E-state index contributed by atoms with van der Waals surface area (Å²) in [4.78, 5) is 71.1. The van der Waals surface area contributed by atoms with Gasteiger partial charge >= 0.3 is 247 Å². The van der Waals surface area contributed by atoms with Gasteiger partial charge in [0.25, 0.3) is 30.0 Å². The molecule has 0 saturated carbocycles. The fourth-order valence-electron chi connectivity index (χ4n) is 10.9. The fourth-order valence-corrected chi connectivity index (χ4v) is 12.0. The van der Waals surface area contributed by atoms with Gasteiger partial charge in [-0.15, -0.1) is 0 Å². The predicted octanol–water partition coefficient (Wildman–Crippen LogP) is 9.92. The van der Waals surface area contributed by atoms with Gasteiger partial charge < -0.3 is 79.8 Å². The number of nitriles is 1. The van der Waals surface area contributed by atoms with E-state index in [9.17, 15) is 35.1 Å². The maximum absolute atomic E-state index is 11.4. The van der Waals surface area contributed by atoms with Crippen molar-refractivity contribution in [2.45, 2.75) is 87.4 Å². The second-order valence-electron chi connectivity index (χ2n) is 27.6. The molecule has 14 rings (SSSR count). The van der Waals surface area contributed by atoms with Gasteiger partial charge in [0.15, 0.2) is 0 Å². The monoisotopic (exact) mass is 2400 g/mol. The molecule has 1 heterocycles. The van der Waals surface area contributed by atoms with Crippen molar-refractivity contribution in [3.63, 3.8) is 0 Å². The molecule has 10 N–H and O–H groups in total. The summed E-state index contributed by atoms with van der Waals surface area (Å²) in [5.74, 6) is 2.90. The van der Waals surface area contributed by atoms with E-state index in [1.54, 1.807) is 53.5 Å². The Morgan fingerprint density at radius 2 is 0.851 bits per heavy atom. The number of aryl methyl sites for hydroxylation is 3. The number of aromatic hydroxyl groups is 1. The summed E-state index contributed by atoms with van der Waals surface area (Å²) in [6.07, 6.45) is -0.479. The number of benzene rings is 13. The predicted molar refractivity (Wildman–Crippen MR) is 523 cm³/mol. The first-order valence-corrected chi connectivity index (χ1v) is 42.1. The average Bonchev–Trinajstić information content (AvgIpc) is 1.63. The number of hydrogen-bond acceptors (Lipinski definition) is 26. The molecule has 680 valence electrons. The second-order valence-corrected chi connectivity index (χ2v) is 30.2. The molecular weight excluding hydrogens is 2300 g/mol. The zero-order valence-electron chi connectivity index (χ0n) is 77.8. The van der Waals surface area contributed by atoms with Gasteiger partial charge in [-0.3, -0.25) is 49.8 Å². The number of nitrogens with one attached hydrogen (secondary N) is 3. The third-order valence-electron chi connectivity index (χ3n) is 16.5. The van der Waals surface area contributed by atoms with Crippen molar-refractivity contribution < 1.29 is 322 Å². The number of carbonyl (C=O) groups is 3. The summed E-state index contributed by atoms with van der Waals surface area (Å²) in [5, 5.41) is 74.5. The molecule has 0 aliphatic carbocycles. The van der Waals surface area contributed by atoms with Crippen molar-refractivity contribution in [2.75, 3.05) is 33.2 Å². The van der Waals surface area contributed by atoms with E-state index >= 15 is 0 Å². The molecule has 38 heteroatoms. The number of fused-ring (bicyclic) bond motifs is 1. The summed E-state index contributed by atoms with van der Waals surface area (Å²) in [6.45, 7) is 17.0. The molecule has 0 aliphatic rings. The maximum atomic E-state index is 11.4. The molecule has 134 heavy (non-hydrogen) atoms. The van der Waals surface area contributed by atoms with Crippen LogP contribution in [0.3, 0.4) is 0 Å². The van der Waals surface area contributed by atoms with Gasteiger partial charge in [-0.1, -0.05) is 178 Å². The van der Waals surface area contributed by atoms with Crippen LogP contribution in [0.5, 0.6) is 28.7 Å². The minimum Gasteiger partial charge on any atom is -1.00 e. The summed E-state index contributed by atoms with van der Waals surface area (Å²) >= 11 is 6.23. The quantitative estimate of drug-likeness (QED) is 0.00595. The van der Waals surface area contributed by atoms with Crippen molar-refractivity contribution in [1.29, 1.82) is 5.26 Å². The van der Waals surface area contributed by atoms with E-state index in [1.165, 1.54) is 35.4 Å². The number of nitro benzene ring substituents is 3. The Morgan fingerprint density at radius 1 is 0.493 bits per heavy atom. The first-order chi connectivity index (χ1) is 62.4. The van der Waals surface area contributed by atoms with E-state index in [-0.39, 0.29) is 279 Å². The summed E-state index contributed by atoms with van der Waals surface area (Å²) in [5.41, 5.74) is 33.0. The number of imidazole rings is 1. The van der Waals surface area contributed by atoms with E-state index in [0.717, 1.165) is 79.2 Å². The minimum atomic E-state index is -0.526. The number of rotatable bonds is 23. The van der Waals surface area contributed by atoms with E-state index in [2.05, 4.69) is 84.8 Å². The van der Waals surface area contributed by atoms with Crippen LogP contribution in [0, 0.1) is 68.5 Å². The van der Waals surface area contributed by atoms with E-state index in [4.69, 9.17) is 71.4 Å². The van der Waals surface area contributed by atoms with E-state index < -0.39 is 26.5 Å². The number of hydrogen-bond donors (Lipinski definition) is 7. The minimum absolute atomic E-state index is 0. The summed E-state index contributed by atoms with van der Waals surface area (Å²) in [7, 11) is 0. The average molecular weight is 2400 g/mol. The second kappa shape index (κ2) is 70.1. The molecule has 14 aromatic rings. The molecule has 0 aliphatic heterocycles. The fraction of sp³-hybridized carbons (Fsp3) is 0.135. The molecule has 0 spiro atoms. The van der Waals surface area contributed by atoms with E-state index in [1.807, 2.05) is 298 Å². The van der Waals surface area contributed by atoms with Crippen LogP contribution in [0.15, 0.2) is 309 Å².